The molecule has 0 aliphatic rings. The molecule has 1 amide bonds. The zero-order valence-corrected chi connectivity index (χ0v) is 17.6. The molecule has 3 aromatic carbocycles. The second kappa shape index (κ2) is 10.3. The lowest BCUT2D eigenvalue weighted by Gasteiger charge is -2.14. The van der Waals surface area contributed by atoms with Gasteiger partial charge in [0.2, 0.25) is 5.89 Å². The van der Waals surface area contributed by atoms with E-state index in [9.17, 15) is 4.79 Å². The highest BCUT2D eigenvalue weighted by Gasteiger charge is 2.24. The normalized spacial score (nSPS) is 11.5. The van der Waals surface area contributed by atoms with E-state index >= 15 is 0 Å². The molecule has 0 spiro atoms. The van der Waals surface area contributed by atoms with Gasteiger partial charge in [0.15, 0.2) is 5.76 Å². The summed E-state index contributed by atoms with van der Waals surface area (Å²) in [6, 6.07) is 28.7. The number of carbonyl (C=O) groups excluding carboxylic acids is 1. The summed E-state index contributed by atoms with van der Waals surface area (Å²) in [4.78, 5) is 17.2. The number of carbonyl (C=O) groups is 1. The van der Waals surface area contributed by atoms with Crippen molar-refractivity contribution in [1.29, 1.82) is 0 Å². The maximum Gasteiger partial charge on any atom is 0.408 e. The molecule has 0 radical (unpaired) electrons. The van der Waals surface area contributed by atoms with Gasteiger partial charge in [-0.2, -0.15) is 0 Å². The summed E-state index contributed by atoms with van der Waals surface area (Å²) < 4.78 is 11.6. The summed E-state index contributed by atoms with van der Waals surface area (Å²) in [6.45, 7) is 3.99. The van der Waals surface area contributed by atoms with Gasteiger partial charge in [0.25, 0.3) is 0 Å². The summed E-state index contributed by atoms with van der Waals surface area (Å²) in [5.74, 6) is 1.06. The number of benzene rings is 3. The maximum atomic E-state index is 12.5. The number of hydrogen-bond acceptors (Lipinski definition) is 4. The van der Waals surface area contributed by atoms with Crippen LogP contribution < -0.4 is 5.32 Å². The third-order valence-electron chi connectivity index (χ3n) is 4.93. The number of ether oxygens (including phenoxy) is 1. The van der Waals surface area contributed by atoms with E-state index in [-0.39, 0.29) is 6.61 Å². The topological polar surface area (TPSA) is 64.4 Å². The predicted molar refractivity (Wildman–Crippen MR) is 125 cm³/mol. The Labute approximate surface area is 187 Å². The highest BCUT2D eigenvalue weighted by Crippen LogP contribution is 2.34. The first kappa shape index (κ1) is 21.1. The van der Waals surface area contributed by atoms with Crippen molar-refractivity contribution in [2.75, 3.05) is 0 Å². The van der Waals surface area contributed by atoms with Crippen molar-refractivity contribution in [3.05, 3.63) is 115 Å². The second-order valence-electron chi connectivity index (χ2n) is 7.24. The van der Waals surface area contributed by atoms with Crippen molar-refractivity contribution in [2.24, 2.45) is 0 Å². The largest absolute Gasteiger partial charge is 0.445 e. The molecule has 0 saturated heterocycles. The molecule has 0 unspecified atom stereocenters. The number of nitrogens with one attached hydrogen (secondary N) is 1. The highest BCUT2D eigenvalue weighted by molar-refractivity contribution is 5.77. The molecule has 1 aromatic heterocycles. The molecule has 0 saturated carbocycles. The van der Waals surface area contributed by atoms with Crippen LogP contribution in [0.15, 0.2) is 108 Å². The quantitative estimate of drug-likeness (QED) is 0.326. The van der Waals surface area contributed by atoms with Crippen LogP contribution in [0.1, 0.15) is 23.9 Å². The van der Waals surface area contributed by atoms with E-state index in [1.54, 1.807) is 6.08 Å². The number of nitrogens with zero attached hydrogens (tertiary/aromatic N) is 1. The molecular weight excluding hydrogens is 400 g/mol. The zero-order chi connectivity index (χ0) is 22.2. The molecule has 0 aliphatic heterocycles. The molecule has 0 fully saturated rings. The van der Waals surface area contributed by atoms with Crippen LogP contribution >= 0.6 is 0 Å². The van der Waals surface area contributed by atoms with Crippen LogP contribution in [0.3, 0.4) is 0 Å². The molecule has 0 aliphatic carbocycles. The molecule has 32 heavy (non-hydrogen) atoms. The Kier molecular flexibility index (Phi) is 6.78. The summed E-state index contributed by atoms with van der Waals surface area (Å²) in [7, 11) is 0. The Bertz CT molecular complexity index is 1100. The van der Waals surface area contributed by atoms with E-state index in [1.807, 2.05) is 91.0 Å². The van der Waals surface area contributed by atoms with E-state index in [0.29, 0.717) is 18.1 Å². The molecule has 1 N–H and O–H groups in total. The van der Waals surface area contributed by atoms with E-state index < -0.39 is 12.1 Å². The molecule has 5 heteroatoms. The molecule has 0 bridgehead atoms. The molecule has 160 valence electrons. The van der Waals surface area contributed by atoms with Crippen molar-refractivity contribution in [1.82, 2.24) is 10.3 Å². The van der Waals surface area contributed by atoms with Gasteiger partial charge in [0.05, 0.1) is 0 Å². The average Bonchev–Trinajstić information content (AvgIpc) is 3.30. The standard InChI is InChI=1S/C27H24N2O3/c1-2-12-23(28-27(30)31-19-20-13-6-3-7-14-20)26-29-24(21-15-8-4-9-16-21)25(32-26)22-17-10-5-11-18-22/h2-11,13-18,23H,1,12,19H2,(H,28,30)/t23-/m1/s1. The van der Waals surface area contributed by atoms with Gasteiger partial charge in [-0.05, 0) is 12.0 Å². The minimum absolute atomic E-state index is 0.184. The Morgan fingerprint density at radius 2 is 1.53 bits per heavy atom. The fourth-order valence-corrected chi connectivity index (χ4v) is 3.36. The Morgan fingerprint density at radius 3 is 2.16 bits per heavy atom. The lowest BCUT2D eigenvalue weighted by molar-refractivity contribution is 0.134. The number of alkyl carbamates (subject to hydrolysis) is 1. The van der Waals surface area contributed by atoms with Gasteiger partial charge >= 0.3 is 6.09 Å². The number of oxazole rings is 1. The van der Waals surface area contributed by atoms with Crippen LogP contribution in [0.2, 0.25) is 0 Å². The van der Waals surface area contributed by atoms with Gasteiger partial charge in [0, 0.05) is 11.1 Å². The van der Waals surface area contributed by atoms with Gasteiger partial charge in [0.1, 0.15) is 18.3 Å². The summed E-state index contributed by atoms with van der Waals surface area (Å²) >= 11 is 0. The van der Waals surface area contributed by atoms with E-state index in [2.05, 4.69) is 11.9 Å². The molecular formula is C27H24N2O3. The van der Waals surface area contributed by atoms with Gasteiger partial charge in [-0.1, -0.05) is 97.1 Å². The van der Waals surface area contributed by atoms with Crippen molar-refractivity contribution >= 4 is 6.09 Å². The average molecular weight is 425 g/mol. The van der Waals surface area contributed by atoms with Crippen molar-refractivity contribution in [3.63, 3.8) is 0 Å². The van der Waals surface area contributed by atoms with Crippen LogP contribution in [0.25, 0.3) is 22.6 Å². The third-order valence-corrected chi connectivity index (χ3v) is 4.93. The molecule has 1 atom stereocenters. The molecule has 1 heterocycles. The molecule has 4 rings (SSSR count). The van der Waals surface area contributed by atoms with Crippen LogP contribution in [0.4, 0.5) is 4.79 Å². The first-order valence-corrected chi connectivity index (χ1v) is 10.4. The van der Waals surface area contributed by atoms with Crippen LogP contribution in [-0.2, 0) is 11.3 Å². The monoisotopic (exact) mass is 424 g/mol. The SMILES string of the molecule is C=CC[C@@H](NC(=O)OCc1ccccc1)c1nc(-c2ccccc2)c(-c2ccccc2)o1. The van der Waals surface area contributed by atoms with Crippen molar-refractivity contribution in [3.8, 4) is 22.6 Å². The van der Waals surface area contributed by atoms with E-state index in [1.165, 1.54) is 0 Å². The smallest absolute Gasteiger partial charge is 0.408 e. The van der Waals surface area contributed by atoms with Gasteiger partial charge in [-0.3, -0.25) is 0 Å². The zero-order valence-electron chi connectivity index (χ0n) is 17.6. The fourth-order valence-electron chi connectivity index (χ4n) is 3.36. The molecule has 5 nitrogen and oxygen atoms in total. The minimum atomic E-state index is -0.540. The maximum absolute atomic E-state index is 12.5. The van der Waals surface area contributed by atoms with Crippen LogP contribution in [0, 0.1) is 0 Å². The Balaban J connectivity index is 1.60. The Morgan fingerprint density at radius 1 is 0.938 bits per heavy atom. The number of hydrogen-bond donors (Lipinski definition) is 1. The summed E-state index contributed by atoms with van der Waals surface area (Å²) in [5.41, 5.74) is 3.48. The van der Waals surface area contributed by atoms with Gasteiger partial charge in [-0.15, -0.1) is 6.58 Å². The van der Waals surface area contributed by atoms with E-state index in [4.69, 9.17) is 14.1 Å². The number of rotatable bonds is 8. The van der Waals surface area contributed by atoms with Crippen LogP contribution in [-0.4, -0.2) is 11.1 Å². The van der Waals surface area contributed by atoms with Gasteiger partial charge in [-0.25, -0.2) is 9.78 Å². The summed E-state index contributed by atoms with van der Waals surface area (Å²) in [6.07, 6.45) is 1.63. The second-order valence-corrected chi connectivity index (χ2v) is 7.24. The van der Waals surface area contributed by atoms with E-state index in [0.717, 1.165) is 22.4 Å². The number of aromatic nitrogens is 1. The summed E-state index contributed by atoms with van der Waals surface area (Å²) in [5, 5.41) is 2.86. The lowest BCUT2D eigenvalue weighted by atomic mass is 10.1. The Hall–Kier alpha value is -4.12. The third kappa shape index (κ3) is 5.13. The first-order valence-electron chi connectivity index (χ1n) is 10.4. The highest BCUT2D eigenvalue weighted by atomic mass is 16.5. The predicted octanol–water partition coefficient (Wildman–Crippen LogP) is 6.55. The van der Waals surface area contributed by atoms with Crippen molar-refractivity contribution < 1.29 is 13.9 Å². The molecule has 4 aromatic rings. The number of amides is 1. The van der Waals surface area contributed by atoms with Gasteiger partial charge < -0.3 is 14.5 Å². The van der Waals surface area contributed by atoms with Crippen molar-refractivity contribution in [2.45, 2.75) is 19.1 Å². The first-order chi connectivity index (χ1) is 15.7. The van der Waals surface area contributed by atoms with Crippen LogP contribution in [0.5, 0.6) is 0 Å². The minimum Gasteiger partial charge on any atom is -0.445 e. The fraction of sp³-hybridized carbons (Fsp3) is 0.111. The lowest BCUT2D eigenvalue weighted by Crippen LogP contribution is -2.29.